The minimum Gasteiger partial charge on any atom is -0.365 e. The number of hydrogen-bond donors (Lipinski definition) is 1. The van der Waals surface area contributed by atoms with Crippen LogP contribution in [0.1, 0.15) is 25.3 Å². The van der Waals surface area contributed by atoms with Crippen LogP contribution in [0.5, 0.6) is 0 Å². The van der Waals surface area contributed by atoms with Crippen molar-refractivity contribution < 1.29 is 4.79 Å². The molecule has 124 valence electrons. The smallest absolute Gasteiger partial charge is 0.326 e. The van der Waals surface area contributed by atoms with Crippen molar-refractivity contribution in [1.29, 1.82) is 0 Å². The van der Waals surface area contributed by atoms with Gasteiger partial charge in [0, 0.05) is 24.8 Å². The number of hydrogen-bond acceptors (Lipinski definition) is 2. The highest BCUT2D eigenvalue weighted by Crippen LogP contribution is 2.39. The molecule has 2 heterocycles. The average Bonchev–Trinajstić information content (AvgIpc) is 3.10. The zero-order chi connectivity index (χ0) is 16.5. The summed E-state index contributed by atoms with van der Waals surface area (Å²) in [7, 11) is 0. The molecule has 4 nitrogen and oxygen atoms in total. The van der Waals surface area contributed by atoms with Gasteiger partial charge in [0.15, 0.2) is 0 Å². The minimum atomic E-state index is -0.0325. The Kier molecular flexibility index (Phi) is 3.89. The molecule has 1 saturated heterocycles. The quantitative estimate of drug-likeness (QED) is 0.896. The van der Waals surface area contributed by atoms with Crippen molar-refractivity contribution in [2.24, 2.45) is 0 Å². The largest absolute Gasteiger partial charge is 0.365 e. The van der Waals surface area contributed by atoms with Crippen molar-refractivity contribution in [3.63, 3.8) is 0 Å². The molecule has 1 unspecified atom stereocenters. The van der Waals surface area contributed by atoms with Gasteiger partial charge in [-0.1, -0.05) is 37.3 Å². The third kappa shape index (κ3) is 2.52. The van der Waals surface area contributed by atoms with Gasteiger partial charge in [-0.05, 0) is 43.0 Å². The number of carbonyl (C=O) groups is 1. The molecule has 1 atom stereocenters. The first-order valence-electron chi connectivity index (χ1n) is 8.80. The standard InChI is InChI=1S/C20H23N3O/c1-2-15-8-3-4-10-17(15)21-20(24)23-14-16-9-7-13-22(16)18-11-5-6-12-19(18)23/h3-6,8,10-12,16H,2,7,9,13-14H2,1H3,(H,21,24). The maximum atomic E-state index is 13.0. The summed E-state index contributed by atoms with van der Waals surface area (Å²) in [6, 6.07) is 16.7. The molecule has 0 spiro atoms. The second kappa shape index (κ2) is 6.19. The minimum absolute atomic E-state index is 0.0325. The number of benzene rings is 2. The summed E-state index contributed by atoms with van der Waals surface area (Å²) in [6.45, 7) is 3.96. The van der Waals surface area contributed by atoms with Gasteiger partial charge in [0.05, 0.1) is 11.4 Å². The number of carbonyl (C=O) groups excluding carboxylic acids is 1. The Hall–Kier alpha value is -2.49. The number of amides is 2. The van der Waals surface area contributed by atoms with Gasteiger partial charge in [-0.3, -0.25) is 4.90 Å². The van der Waals surface area contributed by atoms with E-state index in [1.54, 1.807) is 0 Å². The number of fused-ring (bicyclic) bond motifs is 3. The Labute approximate surface area is 143 Å². The summed E-state index contributed by atoms with van der Waals surface area (Å²) in [6.07, 6.45) is 3.26. The monoisotopic (exact) mass is 321 g/mol. The molecule has 24 heavy (non-hydrogen) atoms. The van der Waals surface area contributed by atoms with Crippen LogP contribution in [-0.4, -0.2) is 25.2 Å². The molecule has 0 saturated carbocycles. The molecule has 0 radical (unpaired) electrons. The lowest BCUT2D eigenvalue weighted by Gasteiger charge is -2.40. The van der Waals surface area contributed by atoms with Crippen LogP contribution in [0.25, 0.3) is 0 Å². The normalized spacial score (nSPS) is 19.0. The van der Waals surface area contributed by atoms with Crippen LogP contribution in [-0.2, 0) is 6.42 Å². The van der Waals surface area contributed by atoms with E-state index in [1.807, 2.05) is 29.2 Å². The summed E-state index contributed by atoms with van der Waals surface area (Å²) in [5.41, 5.74) is 4.28. The fraction of sp³-hybridized carbons (Fsp3) is 0.350. The zero-order valence-corrected chi connectivity index (χ0v) is 14.0. The van der Waals surface area contributed by atoms with E-state index >= 15 is 0 Å². The van der Waals surface area contributed by atoms with E-state index in [0.29, 0.717) is 6.04 Å². The Balaban J connectivity index is 1.64. The number of anilines is 3. The van der Waals surface area contributed by atoms with E-state index in [0.717, 1.165) is 37.3 Å². The lowest BCUT2D eigenvalue weighted by molar-refractivity contribution is 0.256. The summed E-state index contributed by atoms with van der Waals surface area (Å²) < 4.78 is 0. The number of nitrogens with one attached hydrogen (secondary N) is 1. The van der Waals surface area contributed by atoms with E-state index in [-0.39, 0.29) is 6.03 Å². The second-order valence-corrected chi connectivity index (χ2v) is 6.53. The maximum absolute atomic E-state index is 13.0. The highest BCUT2D eigenvalue weighted by molar-refractivity contribution is 6.05. The summed E-state index contributed by atoms with van der Waals surface area (Å²) >= 11 is 0. The van der Waals surface area contributed by atoms with E-state index in [1.165, 1.54) is 17.7 Å². The molecule has 4 heteroatoms. The van der Waals surface area contributed by atoms with Gasteiger partial charge >= 0.3 is 6.03 Å². The van der Waals surface area contributed by atoms with Gasteiger partial charge in [0.2, 0.25) is 0 Å². The first-order chi connectivity index (χ1) is 11.8. The lowest BCUT2D eigenvalue weighted by Crippen LogP contribution is -2.49. The van der Waals surface area contributed by atoms with Gasteiger partial charge in [0.25, 0.3) is 0 Å². The molecule has 1 fully saturated rings. The third-order valence-electron chi connectivity index (χ3n) is 5.14. The Bertz CT molecular complexity index is 758. The maximum Gasteiger partial charge on any atom is 0.326 e. The van der Waals surface area contributed by atoms with Crippen LogP contribution in [0, 0.1) is 0 Å². The zero-order valence-electron chi connectivity index (χ0n) is 14.0. The lowest BCUT2D eigenvalue weighted by atomic mass is 10.1. The van der Waals surface area contributed by atoms with E-state index in [2.05, 4.69) is 41.4 Å². The van der Waals surface area contributed by atoms with Crippen molar-refractivity contribution in [2.45, 2.75) is 32.2 Å². The summed E-state index contributed by atoms with van der Waals surface area (Å²) in [5, 5.41) is 3.12. The Morgan fingerprint density at radius 3 is 2.71 bits per heavy atom. The van der Waals surface area contributed by atoms with Crippen LogP contribution in [0.4, 0.5) is 21.9 Å². The van der Waals surface area contributed by atoms with Gasteiger partial charge in [-0.2, -0.15) is 0 Å². The number of rotatable bonds is 2. The van der Waals surface area contributed by atoms with Crippen molar-refractivity contribution in [1.82, 2.24) is 0 Å². The van der Waals surface area contributed by atoms with Crippen molar-refractivity contribution in [2.75, 3.05) is 28.2 Å². The molecule has 0 aliphatic carbocycles. The van der Waals surface area contributed by atoms with E-state index < -0.39 is 0 Å². The van der Waals surface area contributed by atoms with Crippen LogP contribution < -0.4 is 15.1 Å². The van der Waals surface area contributed by atoms with Crippen molar-refractivity contribution in [3.8, 4) is 0 Å². The SMILES string of the molecule is CCc1ccccc1NC(=O)N1CC2CCCN2c2ccccc21. The van der Waals surface area contributed by atoms with Crippen LogP contribution in [0.15, 0.2) is 48.5 Å². The van der Waals surface area contributed by atoms with E-state index in [4.69, 9.17) is 0 Å². The van der Waals surface area contributed by atoms with Crippen LogP contribution >= 0.6 is 0 Å². The van der Waals surface area contributed by atoms with Gasteiger partial charge in [0.1, 0.15) is 0 Å². The molecule has 2 aliphatic heterocycles. The topological polar surface area (TPSA) is 35.6 Å². The third-order valence-corrected chi connectivity index (χ3v) is 5.14. The molecule has 0 aromatic heterocycles. The molecule has 2 aliphatic rings. The number of para-hydroxylation sites is 3. The highest BCUT2D eigenvalue weighted by Gasteiger charge is 2.36. The first kappa shape index (κ1) is 15.1. The molecule has 0 bridgehead atoms. The predicted molar refractivity (Wildman–Crippen MR) is 99.0 cm³/mol. The van der Waals surface area contributed by atoms with E-state index in [9.17, 15) is 4.79 Å². The van der Waals surface area contributed by atoms with Gasteiger partial charge in [-0.25, -0.2) is 4.79 Å². The van der Waals surface area contributed by atoms with Crippen molar-refractivity contribution >= 4 is 23.1 Å². The molecular weight excluding hydrogens is 298 g/mol. The predicted octanol–water partition coefficient (Wildman–Crippen LogP) is 4.27. The van der Waals surface area contributed by atoms with Gasteiger partial charge < -0.3 is 10.2 Å². The average molecular weight is 321 g/mol. The summed E-state index contributed by atoms with van der Waals surface area (Å²) in [5.74, 6) is 0. The van der Waals surface area contributed by atoms with Crippen molar-refractivity contribution in [3.05, 3.63) is 54.1 Å². The fourth-order valence-electron chi connectivity index (χ4n) is 3.91. The number of urea groups is 1. The Morgan fingerprint density at radius 1 is 1.12 bits per heavy atom. The fourth-order valence-corrected chi connectivity index (χ4v) is 3.91. The molecule has 2 aromatic rings. The number of aryl methyl sites for hydroxylation is 1. The molecular formula is C20H23N3O. The van der Waals surface area contributed by atoms with Gasteiger partial charge in [-0.15, -0.1) is 0 Å². The molecule has 2 aromatic carbocycles. The highest BCUT2D eigenvalue weighted by atomic mass is 16.2. The summed E-state index contributed by atoms with van der Waals surface area (Å²) in [4.78, 5) is 17.4. The number of nitrogens with zero attached hydrogens (tertiary/aromatic N) is 2. The molecule has 4 rings (SSSR count). The first-order valence-corrected chi connectivity index (χ1v) is 8.80. The second-order valence-electron chi connectivity index (χ2n) is 6.53. The van der Waals surface area contributed by atoms with Crippen LogP contribution in [0.3, 0.4) is 0 Å². The Morgan fingerprint density at radius 2 is 1.88 bits per heavy atom. The molecule has 2 amide bonds. The molecule has 1 N–H and O–H groups in total. The van der Waals surface area contributed by atoms with Crippen LogP contribution in [0.2, 0.25) is 0 Å².